The number of carbonyl (C=O) groups excluding carboxylic acids is 2. The van der Waals surface area contributed by atoms with Gasteiger partial charge in [-0.25, -0.2) is 9.69 Å². The van der Waals surface area contributed by atoms with E-state index < -0.39 is 6.03 Å². The molecule has 1 aliphatic rings. The number of hydrogen-bond acceptors (Lipinski definition) is 4. The summed E-state index contributed by atoms with van der Waals surface area (Å²) in [5.41, 5.74) is 0.910. The molecule has 0 saturated carbocycles. The highest BCUT2D eigenvalue weighted by molar-refractivity contribution is 6.30. The molecule has 0 aliphatic carbocycles. The Morgan fingerprint density at radius 3 is 2.59 bits per heavy atom. The number of benzene rings is 2. The molecule has 2 aromatic carbocycles. The average molecular weight is 319 g/mol. The van der Waals surface area contributed by atoms with Crippen LogP contribution in [0.3, 0.4) is 0 Å². The molecule has 2 aromatic rings. The molecule has 0 aromatic heterocycles. The Morgan fingerprint density at radius 2 is 1.86 bits per heavy atom. The summed E-state index contributed by atoms with van der Waals surface area (Å²) in [6.07, 6.45) is 0.433. The first-order valence-electron chi connectivity index (χ1n) is 6.38. The molecule has 22 heavy (non-hydrogen) atoms. The van der Waals surface area contributed by atoms with Crippen molar-refractivity contribution >= 4 is 35.4 Å². The van der Waals surface area contributed by atoms with E-state index in [9.17, 15) is 9.59 Å². The minimum absolute atomic E-state index is 0.122. The lowest BCUT2D eigenvalue weighted by Crippen LogP contribution is -2.33. The van der Waals surface area contributed by atoms with Gasteiger partial charge in [0.05, 0.1) is 5.69 Å². The zero-order valence-electron chi connectivity index (χ0n) is 11.3. The molecule has 0 fully saturated rings. The molecular weight excluding hydrogens is 308 g/mol. The molecule has 6 nitrogen and oxygen atoms in total. The van der Waals surface area contributed by atoms with Crippen molar-refractivity contribution in [3.8, 4) is 11.5 Å². The van der Waals surface area contributed by atoms with E-state index in [-0.39, 0.29) is 6.79 Å². The normalized spacial score (nSPS) is 11.9. The lowest BCUT2D eigenvalue weighted by Gasteiger charge is -2.16. The van der Waals surface area contributed by atoms with Gasteiger partial charge in [0.15, 0.2) is 11.5 Å². The summed E-state index contributed by atoms with van der Waals surface area (Å²) in [6.45, 7) is 0.122. The topological polar surface area (TPSA) is 67.9 Å². The van der Waals surface area contributed by atoms with E-state index in [0.29, 0.717) is 34.3 Å². The maximum absolute atomic E-state index is 12.2. The van der Waals surface area contributed by atoms with Crippen LogP contribution in [0.2, 0.25) is 5.02 Å². The van der Waals surface area contributed by atoms with E-state index >= 15 is 0 Å². The third-order valence-corrected chi connectivity index (χ3v) is 3.31. The predicted molar refractivity (Wildman–Crippen MR) is 81.6 cm³/mol. The number of rotatable bonds is 3. The molecule has 1 N–H and O–H groups in total. The van der Waals surface area contributed by atoms with Crippen LogP contribution in [0.15, 0.2) is 42.5 Å². The first-order valence-corrected chi connectivity index (χ1v) is 6.76. The van der Waals surface area contributed by atoms with Crippen molar-refractivity contribution in [1.82, 2.24) is 0 Å². The number of fused-ring (bicyclic) bond motifs is 1. The largest absolute Gasteiger partial charge is 0.454 e. The molecule has 3 amide bonds. The molecule has 0 unspecified atom stereocenters. The van der Waals surface area contributed by atoms with Crippen molar-refractivity contribution in [2.75, 3.05) is 17.0 Å². The first-order chi connectivity index (χ1) is 10.7. The van der Waals surface area contributed by atoms with Gasteiger partial charge in [-0.2, -0.15) is 0 Å². The molecule has 0 spiro atoms. The van der Waals surface area contributed by atoms with Gasteiger partial charge in [0.25, 0.3) is 0 Å². The second-order valence-corrected chi connectivity index (χ2v) is 4.89. The smallest absolute Gasteiger partial charge is 0.332 e. The molecule has 1 heterocycles. The van der Waals surface area contributed by atoms with E-state index in [4.69, 9.17) is 21.1 Å². The Hall–Kier alpha value is -2.73. The number of nitrogens with one attached hydrogen (secondary N) is 1. The monoisotopic (exact) mass is 318 g/mol. The average Bonchev–Trinajstić information content (AvgIpc) is 2.98. The van der Waals surface area contributed by atoms with Crippen LogP contribution in [0.4, 0.5) is 16.2 Å². The van der Waals surface area contributed by atoms with Crippen LogP contribution in [0.5, 0.6) is 11.5 Å². The van der Waals surface area contributed by atoms with Crippen LogP contribution >= 0.6 is 11.6 Å². The fourth-order valence-corrected chi connectivity index (χ4v) is 2.10. The van der Waals surface area contributed by atoms with Crippen LogP contribution in [-0.4, -0.2) is 19.2 Å². The first kappa shape index (κ1) is 14.2. The minimum Gasteiger partial charge on any atom is -0.454 e. The standard InChI is InChI=1S/C15H11ClN2O4/c16-10-1-3-11(4-2-10)17-15(20)18(8-19)12-5-6-13-14(7-12)22-9-21-13/h1-8H,9H2,(H,17,20). The SMILES string of the molecule is O=CN(C(=O)Nc1ccc(Cl)cc1)c1ccc2c(c1)OCO2. The van der Waals surface area contributed by atoms with Gasteiger partial charge >= 0.3 is 6.03 Å². The molecule has 0 bridgehead atoms. The number of nitrogens with zero attached hydrogens (tertiary/aromatic N) is 1. The number of carbonyl (C=O) groups is 2. The number of halogens is 1. The zero-order valence-corrected chi connectivity index (χ0v) is 12.0. The maximum Gasteiger partial charge on any atom is 0.332 e. The van der Waals surface area contributed by atoms with Gasteiger partial charge in [0.2, 0.25) is 13.2 Å². The van der Waals surface area contributed by atoms with Crippen molar-refractivity contribution in [2.45, 2.75) is 0 Å². The number of imide groups is 1. The van der Waals surface area contributed by atoms with Gasteiger partial charge in [0, 0.05) is 16.8 Å². The van der Waals surface area contributed by atoms with E-state index in [2.05, 4.69) is 5.32 Å². The predicted octanol–water partition coefficient (Wildman–Crippen LogP) is 3.26. The Balaban J connectivity index is 1.79. The molecule has 112 valence electrons. The Morgan fingerprint density at radius 1 is 1.14 bits per heavy atom. The minimum atomic E-state index is -0.587. The van der Waals surface area contributed by atoms with Crippen molar-refractivity contribution < 1.29 is 19.1 Å². The van der Waals surface area contributed by atoms with Crippen LogP contribution < -0.4 is 19.7 Å². The van der Waals surface area contributed by atoms with Crippen molar-refractivity contribution in [1.29, 1.82) is 0 Å². The fraction of sp³-hybridized carbons (Fsp3) is 0.0667. The van der Waals surface area contributed by atoms with E-state index in [1.54, 1.807) is 42.5 Å². The zero-order chi connectivity index (χ0) is 15.5. The van der Waals surface area contributed by atoms with Crippen LogP contribution in [0.25, 0.3) is 0 Å². The number of anilines is 2. The highest BCUT2D eigenvalue weighted by Gasteiger charge is 2.20. The molecule has 0 radical (unpaired) electrons. The summed E-state index contributed by atoms with van der Waals surface area (Å²) in [7, 11) is 0. The van der Waals surface area contributed by atoms with Crippen molar-refractivity contribution in [2.24, 2.45) is 0 Å². The van der Waals surface area contributed by atoms with Gasteiger partial charge in [-0.05, 0) is 36.4 Å². The molecule has 7 heteroatoms. The van der Waals surface area contributed by atoms with Crippen LogP contribution in [0, 0.1) is 0 Å². The lowest BCUT2D eigenvalue weighted by molar-refractivity contribution is -0.106. The highest BCUT2D eigenvalue weighted by Crippen LogP contribution is 2.35. The Labute approximate surface area is 131 Å². The summed E-state index contributed by atoms with van der Waals surface area (Å²) in [4.78, 5) is 24.4. The number of hydrogen-bond donors (Lipinski definition) is 1. The quantitative estimate of drug-likeness (QED) is 0.882. The fourth-order valence-electron chi connectivity index (χ4n) is 1.98. The summed E-state index contributed by atoms with van der Waals surface area (Å²) in [6, 6.07) is 10.8. The van der Waals surface area contributed by atoms with Crippen LogP contribution in [0.1, 0.15) is 0 Å². The summed E-state index contributed by atoms with van der Waals surface area (Å²) in [5.74, 6) is 1.07. The van der Waals surface area contributed by atoms with Gasteiger partial charge in [-0.15, -0.1) is 0 Å². The van der Waals surface area contributed by atoms with Gasteiger partial charge in [-0.1, -0.05) is 11.6 Å². The van der Waals surface area contributed by atoms with Gasteiger partial charge in [0.1, 0.15) is 0 Å². The van der Waals surface area contributed by atoms with Gasteiger partial charge < -0.3 is 14.8 Å². The summed E-state index contributed by atoms with van der Waals surface area (Å²) >= 11 is 5.78. The van der Waals surface area contributed by atoms with E-state index in [1.807, 2.05) is 0 Å². The second-order valence-electron chi connectivity index (χ2n) is 4.45. The van der Waals surface area contributed by atoms with Crippen molar-refractivity contribution in [3.05, 3.63) is 47.5 Å². The molecule has 3 rings (SSSR count). The summed E-state index contributed by atoms with van der Waals surface area (Å²) < 4.78 is 10.4. The second kappa shape index (κ2) is 5.95. The van der Waals surface area contributed by atoms with Crippen LogP contribution in [-0.2, 0) is 4.79 Å². The maximum atomic E-state index is 12.2. The van der Waals surface area contributed by atoms with Gasteiger partial charge in [-0.3, -0.25) is 4.79 Å². The molecule has 1 aliphatic heterocycles. The number of urea groups is 1. The van der Waals surface area contributed by atoms with E-state index in [1.165, 1.54) is 0 Å². The molecule has 0 saturated heterocycles. The third kappa shape index (κ3) is 2.82. The Kier molecular flexibility index (Phi) is 3.84. The number of amides is 3. The molecule has 0 atom stereocenters. The van der Waals surface area contributed by atoms with E-state index in [0.717, 1.165) is 4.90 Å². The third-order valence-electron chi connectivity index (χ3n) is 3.05. The lowest BCUT2D eigenvalue weighted by atomic mass is 10.2. The Bertz CT molecular complexity index is 718. The highest BCUT2D eigenvalue weighted by atomic mass is 35.5. The van der Waals surface area contributed by atoms with Crippen molar-refractivity contribution in [3.63, 3.8) is 0 Å². The summed E-state index contributed by atoms with van der Waals surface area (Å²) in [5, 5.41) is 3.17. The molecular formula is C15H11ClN2O4. The number of ether oxygens (including phenoxy) is 2.